The SMILES string of the molecule is COCCNc1nccn1-c1cc(F)c(F)cc1F. The van der Waals surface area contributed by atoms with Gasteiger partial charge in [0.05, 0.1) is 12.3 Å². The second kappa shape index (κ2) is 5.75. The number of hydrogen-bond acceptors (Lipinski definition) is 3. The molecule has 0 aliphatic heterocycles. The number of hydrogen-bond donors (Lipinski definition) is 1. The average Bonchev–Trinajstić information content (AvgIpc) is 2.82. The molecule has 0 saturated carbocycles. The van der Waals surface area contributed by atoms with Crippen molar-refractivity contribution in [2.75, 3.05) is 25.6 Å². The van der Waals surface area contributed by atoms with Gasteiger partial charge in [-0.15, -0.1) is 0 Å². The van der Waals surface area contributed by atoms with Crippen LogP contribution < -0.4 is 5.32 Å². The van der Waals surface area contributed by atoms with Gasteiger partial charge < -0.3 is 10.1 Å². The van der Waals surface area contributed by atoms with Crippen molar-refractivity contribution in [2.45, 2.75) is 0 Å². The fraction of sp³-hybridized carbons (Fsp3) is 0.250. The van der Waals surface area contributed by atoms with Crippen LogP contribution in [-0.2, 0) is 4.74 Å². The molecule has 1 heterocycles. The number of nitrogens with zero attached hydrogens (tertiary/aromatic N) is 2. The first-order valence-corrected chi connectivity index (χ1v) is 5.54. The summed E-state index contributed by atoms with van der Waals surface area (Å²) in [5.41, 5.74) is -0.115. The molecule has 2 aromatic rings. The van der Waals surface area contributed by atoms with Gasteiger partial charge in [0.1, 0.15) is 5.82 Å². The molecule has 102 valence electrons. The number of imidazole rings is 1. The molecule has 7 heteroatoms. The maximum Gasteiger partial charge on any atom is 0.207 e. The van der Waals surface area contributed by atoms with Crippen LogP contribution in [0.4, 0.5) is 19.1 Å². The van der Waals surface area contributed by atoms with Crippen LogP contribution in [0.1, 0.15) is 0 Å². The van der Waals surface area contributed by atoms with Gasteiger partial charge in [0.25, 0.3) is 0 Å². The Morgan fingerprint density at radius 3 is 2.68 bits per heavy atom. The molecule has 19 heavy (non-hydrogen) atoms. The van der Waals surface area contributed by atoms with Crippen LogP contribution in [0.2, 0.25) is 0 Å². The first-order valence-electron chi connectivity index (χ1n) is 5.54. The van der Waals surface area contributed by atoms with E-state index in [1.807, 2.05) is 0 Å². The third kappa shape index (κ3) is 2.87. The van der Waals surface area contributed by atoms with Crippen molar-refractivity contribution < 1.29 is 17.9 Å². The van der Waals surface area contributed by atoms with Crippen molar-refractivity contribution in [1.82, 2.24) is 9.55 Å². The van der Waals surface area contributed by atoms with Gasteiger partial charge in [0.15, 0.2) is 11.6 Å². The Morgan fingerprint density at radius 1 is 1.21 bits per heavy atom. The molecule has 0 atom stereocenters. The number of rotatable bonds is 5. The zero-order valence-corrected chi connectivity index (χ0v) is 10.2. The van der Waals surface area contributed by atoms with E-state index in [1.54, 1.807) is 7.11 Å². The predicted octanol–water partition coefficient (Wildman–Crippen LogP) is 2.35. The van der Waals surface area contributed by atoms with Crippen molar-refractivity contribution in [3.8, 4) is 5.69 Å². The molecule has 0 bridgehead atoms. The van der Waals surface area contributed by atoms with Crippen molar-refractivity contribution >= 4 is 5.95 Å². The number of ether oxygens (including phenoxy) is 1. The van der Waals surface area contributed by atoms with E-state index < -0.39 is 17.5 Å². The largest absolute Gasteiger partial charge is 0.383 e. The highest BCUT2D eigenvalue weighted by atomic mass is 19.2. The summed E-state index contributed by atoms with van der Waals surface area (Å²) in [6.45, 7) is 0.895. The minimum Gasteiger partial charge on any atom is -0.383 e. The molecule has 1 aromatic heterocycles. The van der Waals surface area contributed by atoms with Crippen molar-refractivity contribution in [1.29, 1.82) is 0 Å². The summed E-state index contributed by atoms with van der Waals surface area (Å²) in [6.07, 6.45) is 2.88. The van der Waals surface area contributed by atoms with Gasteiger partial charge in [0.2, 0.25) is 5.95 Å². The third-order valence-corrected chi connectivity index (χ3v) is 2.48. The Morgan fingerprint density at radius 2 is 1.95 bits per heavy atom. The molecular formula is C12H12F3N3O. The second-order valence-electron chi connectivity index (χ2n) is 3.76. The van der Waals surface area contributed by atoms with Crippen LogP contribution in [0.15, 0.2) is 24.5 Å². The second-order valence-corrected chi connectivity index (χ2v) is 3.76. The molecule has 0 aliphatic carbocycles. The quantitative estimate of drug-likeness (QED) is 0.670. The monoisotopic (exact) mass is 271 g/mol. The zero-order chi connectivity index (χ0) is 13.8. The Balaban J connectivity index is 2.32. The van der Waals surface area contributed by atoms with Crippen molar-refractivity contribution in [3.05, 3.63) is 42.0 Å². The summed E-state index contributed by atoms with van der Waals surface area (Å²) in [7, 11) is 1.54. The first-order chi connectivity index (χ1) is 9.13. The molecule has 2 rings (SSSR count). The van der Waals surface area contributed by atoms with Gasteiger partial charge in [-0.25, -0.2) is 18.2 Å². The van der Waals surface area contributed by atoms with Crippen LogP contribution in [-0.4, -0.2) is 29.8 Å². The van der Waals surface area contributed by atoms with Gasteiger partial charge in [-0.1, -0.05) is 0 Å². The highest BCUT2D eigenvalue weighted by Crippen LogP contribution is 2.20. The fourth-order valence-corrected chi connectivity index (χ4v) is 1.59. The van der Waals surface area contributed by atoms with E-state index in [1.165, 1.54) is 17.0 Å². The number of anilines is 1. The maximum atomic E-state index is 13.7. The fourth-order valence-electron chi connectivity index (χ4n) is 1.59. The van der Waals surface area contributed by atoms with E-state index in [0.29, 0.717) is 25.2 Å². The lowest BCUT2D eigenvalue weighted by Gasteiger charge is -2.10. The summed E-state index contributed by atoms with van der Waals surface area (Å²) >= 11 is 0. The van der Waals surface area contributed by atoms with E-state index in [9.17, 15) is 13.2 Å². The van der Waals surface area contributed by atoms with Crippen LogP contribution >= 0.6 is 0 Å². The zero-order valence-electron chi connectivity index (χ0n) is 10.2. The summed E-state index contributed by atoms with van der Waals surface area (Å²) in [6, 6.07) is 1.29. The third-order valence-electron chi connectivity index (χ3n) is 2.48. The van der Waals surface area contributed by atoms with Crippen LogP contribution in [0.3, 0.4) is 0 Å². The van der Waals surface area contributed by atoms with Gasteiger partial charge in [-0.3, -0.25) is 4.57 Å². The summed E-state index contributed by atoms with van der Waals surface area (Å²) in [5, 5.41) is 2.90. The van der Waals surface area contributed by atoms with Crippen molar-refractivity contribution in [3.63, 3.8) is 0 Å². The Bertz CT molecular complexity index is 571. The number of halogens is 3. The molecule has 0 saturated heterocycles. The Kier molecular flexibility index (Phi) is 4.06. The summed E-state index contributed by atoms with van der Waals surface area (Å²) in [4.78, 5) is 3.97. The molecule has 1 N–H and O–H groups in total. The molecule has 0 aliphatic rings. The van der Waals surface area contributed by atoms with E-state index in [0.717, 1.165) is 6.07 Å². The lowest BCUT2D eigenvalue weighted by atomic mass is 10.3. The average molecular weight is 271 g/mol. The number of benzene rings is 1. The lowest BCUT2D eigenvalue weighted by molar-refractivity contribution is 0.210. The van der Waals surface area contributed by atoms with Crippen molar-refractivity contribution in [2.24, 2.45) is 0 Å². The molecule has 1 aromatic carbocycles. The number of nitrogens with one attached hydrogen (secondary N) is 1. The van der Waals surface area contributed by atoms with Crippen LogP contribution in [0, 0.1) is 17.5 Å². The maximum absolute atomic E-state index is 13.7. The highest BCUT2D eigenvalue weighted by Gasteiger charge is 2.13. The summed E-state index contributed by atoms with van der Waals surface area (Å²) in [5.74, 6) is -2.89. The van der Waals surface area contributed by atoms with E-state index in [2.05, 4.69) is 10.3 Å². The molecule has 0 fully saturated rings. The topological polar surface area (TPSA) is 39.1 Å². The lowest BCUT2D eigenvalue weighted by Crippen LogP contribution is -2.12. The van der Waals surface area contributed by atoms with Gasteiger partial charge in [-0.05, 0) is 0 Å². The molecule has 4 nitrogen and oxygen atoms in total. The van der Waals surface area contributed by atoms with Gasteiger partial charge >= 0.3 is 0 Å². The molecular weight excluding hydrogens is 259 g/mol. The number of aromatic nitrogens is 2. The predicted molar refractivity (Wildman–Crippen MR) is 63.8 cm³/mol. The van der Waals surface area contributed by atoms with Crippen LogP contribution in [0.5, 0.6) is 0 Å². The minimum atomic E-state index is -1.23. The van der Waals surface area contributed by atoms with Gasteiger partial charge in [-0.2, -0.15) is 0 Å². The smallest absolute Gasteiger partial charge is 0.207 e. The normalized spacial score (nSPS) is 10.7. The molecule has 0 unspecified atom stereocenters. The van der Waals surface area contributed by atoms with Crippen LogP contribution in [0.25, 0.3) is 5.69 Å². The van der Waals surface area contributed by atoms with Gasteiger partial charge in [0, 0.05) is 38.2 Å². The highest BCUT2D eigenvalue weighted by molar-refractivity contribution is 5.43. The Hall–Kier alpha value is -2.02. The van der Waals surface area contributed by atoms with E-state index in [-0.39, 0.29) is 5.69 Å². The van der Waals surface area contributed by atoms with E-state index in [4.69, 9.17) is 4.74 Å². The van der Waals surface area contributed by atoms with E-state index >= 15 is 0 Å². The minimum absolute atomic E-state index is 0.115. The Labute approximate surface area is 107 Å². The number of methoxy groups -OCH3 is 1. The molecule has 0 spiro atoms. The first kappa shape index (κ1) is 13.4. The molecule has 0 amide bonds. The molecule has 0 radical (unpaired) electrons. The standard InChI is InChI=1S/C12H12F3N3O/c1-19-5-3-17-12-16-2-4-18(12)11-7-9(14)8(13)6-10(11)15/h2,4,6-7H,3,5H2,1H3,(H,16,17). The summed E-state index contributed by atoms with van der Waals surface area (Å²) < 4.78 is 45.9.